The quantitative estimate of drug-likeness (QED) is 0.481. The summed E-state index contributed by atoms with van der Waals surface area (Å²) in [4.78, 5) is 21.1. The fraction of sp³-hybridized carbons (Fsp3) is 0.200. The number of hydrogen-bond donors (Lipinski definition) is 1. The number of nitrogens with zero attached hydrogens (tertiary/aromatic N) is 2. The van der Waals surface area contributed by atoms with Crippen molar-refractivity contribution in [1.82, 2.24) is 0 Å². The molecule has 0 spiro atoms. The third kappa shape index (κ3) is 2.49. The lowest BCUT2D eigenvalue weighted by Crippen LogP contribution is -2.06. The van der Waals surface area contributed by atoms with Crippen LogP contribution in [0, 0.1) is 21.4 Å². The molecule has 0 amide bonds. The zero-order valence-corrected chi connectivity index (χ0v) is 8.84. The second-order valence-corrected chi connectivity index (χ2v) is 2.98. The number of ether oxygens (including phenoxy) is 1. The Morgan fingerprint density at radius 3 is 2.76 bits per heavy atom. The van der Waals surface area contributed by atoms with Crippen molar-refractivity contribution in [3.8, 4) is 11.8 Å². The lowest BCUT2D eigenvalue weighted by Gasteiger charge is -2.04. The van der Waals surface area contributed by atoms with Crippen molar-refractivity contribution in [2.75, 3.05) is 6.61 Å². The Morgan fingerprint density at radius 2 is 2.29 bits per heavy atom. The second kappa shape index (κ2) is 4.94. The molecule has 0 radical (unpaired) electrons. The van der Waals surface area contributed by atoms with E-state index < -0.39 is 22.3 Å². The van der Waals surface area contributed by atoms with E-state index in [-0.39, 0.29) is 17.7 Å². The van der Waals surface area contributed by atoms with E-state index in [2.05, 4.69) is 4.74 Å². The molecule has 0 atom stereocenters. The van der Waals surface area contributed by atoms with Crippen LogP contribution in [-0.4, -0.2) is 22.6 Å². The third-order valence-corrected chi connectivity index (χ3v) is 1.93. The van der Waals surface area contributed by atoms with Crippen LogP contribution in [0.25, 0.3) is 0 Å². The van der Waals surface area contributed by atoms with Gasteiger partial charge in [0, 0.05) is 0 Å². The summed E-state index contributed by atoms with van der Waals surface area (Å²) in [6, 6.07) is 3.27. The van der Waals surface area contributed by atoms with Gasteiger partial charge < -0.3 is 9.84 Å². The topological polar surface area (TPSA) is 113 Å². The van der Waals surface area contributed by atoms with Gasteiger partial charge >= 0.3 is 5.97 Å². The van der Waals surface area contributed by atoms with E-state index in [0.717, 1.165) is 12.1 Å². The highest BCUT2D eigenvalue weighted by Crippen LogP contribution is 2.28. The fourth-order valence-corrected chi connectivity index (χ4v) is 1.19. The molecule has 1 aromatic rings. The highest BCUT2D eigenvalue weighted by molar-refractivity contribution is 5.93. The summed E-state index contributed by atoms with van der Waals surface area (Å²) < 4.78 is 4.63. The number of nitriles is 1. The molecule has 1 aromatic carbocycles. The molecule has 0 aliphatic rings. The van der Waals surface area contributed by atoms with Crippen molar-refractivity contribution in [3.63, 3.8) is 0 Å². The molecule has 0 bridgehead atoms. The van der Waals surface area contributed by atoms with Crippen molar-refractivity contribution in [2.24, 2.45) is 0 Å². The molecule has 0 fully saturated rings. The minimum absolute atomic E-state index is 0.0944. The number of phenols is 1. The Bertz CT molecular complexity index is 518. The van der Waals surface area contributed by atoms with Gasteiger partial charge in [-0.05, 0) is 13.0 Å². The summed E-state index contributed by atoms with van der Waals surface area (Å²) in [6.07, 6.45) is 0. The number of rotatable bonds is 3. The Kier molecular flexibility index (Phi) is 3.62. The fourth-order valence-electron chi connectivity index (χ4n) is 1.19. The van der Waals surface area contributed by atoms with Gasteiger partial charge in [-0.25, -0.2) is 4.79 Å². The molecular weight excluding hydrogens is 228 g/mol. The van der Waals surface area contributed by atoms with Crippen molar-refractivity contribution in [1.29, 1.82) is 5.26 Å². The maximum atomic E-state index is 11.4. The molecule has 0 aromatic heterocycles. The standard InChI is InChI=1S/C10H8N2O5/c1-2-17-10(14)7-3-6(5-11)8(12(15)16)4-9(7)13/h3-4,13H,2H2,1H3. The smallest absolute Gasteiger partial charge is 0.341 e. The van der Waals surface area contributed by atoms with Crippen LogP contribution < -0.4 is 0 Å². The molecule has 0 aliphatic carbocycles. The number of carbonyl (C=O) groups excluding carboxylic acids is 1. The highest BCUT2D eigenvalue weighted by atomic mass is 16.6. The third-order valence-electron chi connectivity index (χ3n) is 1.93. The van der Waals surface area contributed by atoms with Crippen LogP contribution >= 0.6 is 0 Å². The van der Waals surface area contributed by atoms with Crippen molar-refractivity contribution < 1.29 is 19.6 Å². The van der Waals surface area contributed by atoms with Gasteiger partial charge in [0.1, 0.15) is 22.9 Å². The number of nitro benzene ring substituents is 1. The monoisotopic (exact) mass is 236 g/mol. The first-order chi connectivity index (χ1) is 8.01. The molecule has 0 aliphatic heterocycles. The second-order valence-electron chi connectivity index (χ2n) is 2.98. The first-order valence-corrected chi connectivity index (χ1v) is 4.59. The first kappa shape index (κ1) is 12.4. The summed E-state index contributed by atoms with van der Waals surface area (Å²) in [5.74, 6) is -1.43. The number of nitro groups is 1. The lowest BCUT2D eigenvalue weighted by atomic mass is 10.1. The van der Waals surface area contributed by atoms with E-state index in [1.165, 1.54) is 0 Å². The Labute approximate surface area is 96.0 Å². The number of benzene rings is 1. The predicted molar refractivity (Wildman–Crippen MR) is 55.4 cm³/mol. The molecule has 1 N–H and O–H groups in total. The van der Waals surface area contributed by atoms with Gasteiger partial charge in [-0.2, -0.15) is 5.26 Å². The zero-order valence-electron chi connectivity index (χ0n) is 8.84. The molecule has 1 rings (SSSR count). The molecular formula is C10H8N2O5. The molecule has 0 unspecified atom stereocenters. The summed E-state index contributed by atoms with van der Waals surface area (Å²) >= 11 is 0. The predicted octanol–water partition coefficient (Wildman–Crippen LogP) is 1.35. The summed E-state index contributed by atoms with van der Waals surface area (Å²) in [6.45, 7) is 1.67. The Morgan fingerprint density at radius 1 is 1.65 bits per heavy atom. The largest absolute Gasteiger partial charge is 0.507 e. The van der Waals surface area contributed by atoms with Gasteiger partial charge in [0.2, 0.25) is 0 Å². The normalized spacial score (nSPS) is 9.41. The minimum Gasteiger partial charge on any atom is -0.507 e. The summed E-state index contributed by atoms with van der Waals surface area (Å²) in [5, 5.41) is 28.7. The average Bonchev–Trinajstić information content (AvgIpc) is 2.28. The molecule has 0 saturated carbocycles. The van der Waals surface area contributed by atoms with Gasteiger partial charge in [-0.1, -0.05) is 0 Å². The van der Waals surface area contributed by atoms with E-state index in [1.807, 2.05) is 0 Å². The van der Waals surface area contributed by atoms with Crippen LogP contribution in [-0.2, 0) is 4.74 Å². The maximum Gasteiger partial charge on any atom is 0.341 e. The molecule has 7 nitrogen and oxygen atoms in total. The Hall–Kier alpha value is -2.62. The number of aromatic hydroxyl groups is 1. The molecule has 0 heterocycles. The van der Waals surface area contributed by atoms with Crippen LogP contribution in [0.15, 0.2) is 12.1 Å². The minimum atomic E-state index is -0.837. The average molecular weight is 236 g/mol. The number of carbonyl (C=O) groups is 1. The first-order valence-electron chi connectivity index (χ1n) is 4.59. The maximum absolute atomic E-state index is 11.4. The van der Waals surface area contributed by atoms with E-state index in [4.69, 9.17) is 5.26 Å². The van der Waals surface area contributed by atoms with Gasteiger partial charge in [0.05, 0.1) is 17.6 Å². The van der Waals surface area contributed by atoms with Crippen LogP contribution in [0.1, 0.15) is 22.8 Å². The number of esters is 1. The molecule has 7 heteroatoms. The van der Waals surface area contributed by atoms with Crippen LogP contribution in [0.3, 0.4) is 0 Å². The number of hydrogen-bond acceptors (Lipinski definition) is 6. The van der Waals surface area contributed by atoms with Gasteiger partial charge in [0.15, 0.2) is 0 Å². The van der Waals surface area contributed by atoms with Gasteiger partial charge in [0.25, 0.3) is 5.69 Å². The molecule has 17 heavy (non-hydrogen) atoms. The van der Waals surface area contributed by atoms with E-state index in [9.17, 15) is 20.0 Å². The van der Waals surface area contributed by atoms with Crippen LogP contribution in [0.2, 0.25) is 0 Å². The molecule has 88 valence electrons. The Balaban J connectivity index is 3.33. The van der Waals surface area contributed by atoms with Crippen molar-refractivity contribution in [2.45, 2.75) is 6.92 Å². The summed E-state index contributed by atoms with van der Waals surface area (Å²) in [5.41, 5.74) is -1.14. The van der Waals surface area contributed by atoms with Crippen molar-refractivity contribution >= 4 is 11.7 Å². The lowest BCUT2D eigenvalue weighted by molar-refractivity contribution is -0.385. The number of phenolic OH excluding ortho intramolecular Hbond substituents is 1. The van der Waals surface area contributed by atoms with Gasteiger partial charge in [-0.15, -0.1) is 0 Å². The summed E-state index contributed by atoms with van der Waals surface area (Å²) in [7, 11) is 0. The SMILES string of the molecule is CCOC(=O)c1cc(C#N)c([N+](=O)[O-])cc1O. The van der Waals surface area contributed by atoms with Crippen molar-refractivity contribution in [3.05, 3.63) is 33.4 Å². The van der Waals surface area contributed by atoms with E-state index in [1.54, 1.807) is 13.0 Å². The van der Waals surface area contributed by atoms with Gasteiger partial charge in [-0.3, -0.25) is 10.1 Å². The van der Waals surface area contributed by atoms with E-state index in [0.29, 0.717) is 0 Å². The van der Waals surface area contributed by atoms with Crippen LogP contribution in [0.5, 0.6) is 5.75 Å². The highest BCUT2D eigenvalue weighted by Gasteiger charge is 2.21. The molecule has 0 saturated heterocycles. The zero-order chi connectivity index (χ0) is 13.0. The van der Waals surface area contributed by atoms with E-state index >= 15 is 0 Å². The van der Waals surface area contributed by atoms with Crippen LogP contribution in [0.4, 0.5) is 5.69 Å².